The molecule has 1 aliphatic rings. The van der Waals surface area contributed by atoms with E-state index in [1.165, 1.54) is 12.1 Å². The Labute approximate surface area is 96.8 Å². The molecule has 1 fully saturated rings. The molecule has 0 heterocycles. The van der Waals surface area contributed by atoms with Crippen molar-refractivity contribution in [3.05, 3.63) is 34.1 Å². The second-order valence-corrected chi connectivity index (χ2v) is 5.25. The topological polar surface area (TPSA) is 17.1 Å². The van der Waals surface area contributed by atoms with E-state index in [9.17, 15) is 9.18 Å². The Bertz CT molecular complexity index is 410. The van der Waals surface area contributed by atoms with Gasteiger partial charge in [-0.05, 0) is 36.6 Å². The predicted molar refractivity (Wildman–Crippen MR) is 60.2 cm³/mol. The van der Waals surface area contributed by atoms with Crippen molar-refractivity contribution in [3.63, 3.8) is 0 Å². The lowest BCUT2D eigenvalue weighted by molar-refractivity contribution is -0.122. The minimum absolute atomic E-state index is 0.133. The summed E-state index contributed by atoms with van der Waals surface area (Å²) in [6, 6.07) is 4.46. The highest BCUT2D eigenvalue weighted by Gasteiger charge is 2.44. The monoisotopic (exact) mass is 270 g/mol. The zero-order valence-electron chi connectivity index (χ0n) is 8.52. The van der Waals surface area contributed by atoms with Crippen molar-refractivity contribution in [3.8, 4) is 0 Å². The molecule has 1 aromatic rings. The lowest BCUT2D eigenvalue weighted by Crippen LogP contribution is -2.14. The van der Waals surface area contributed by atoms with Crippen LogP contribution in [0.2, 0.25) is 0 Å². The molecular weight excluding hydrogens is 259 g/mol. The molecule has 3 heteroatoms. The first kappa shape index (κ1) is 10.8. The maximum Gasteiger partial charge on any atom is 0.143 e. The molecule has 0 bridgehead atoms. The Morgan fingerprint density at radius 2 is 2.20 bits per heavy atom. The van der Waals surface area contributed by atoms with Crippen molar-refractivity contribution in [1.29, 1.82) is 0 Å². The molecule has 0 spiro atoms. The van der Waals surface area contributed by atoms with Crippen molar-refractivity contribution >= 4 is 21.7 Å². The molecule has 0 unspecified atom stereocenters. The molecule has 15 heavy (non-hydrogen) atoms. The van der Waals surface area contributed by atoms with Crippen LogP contribution in [0.25, 0.3) is 0 Å². The van der Waals surface area contributed by atoms with Gasteiger partial charge >= 0.3 is 0 Å². The van der Waals surface area contributed by atoms with Crippen LogP contribution in [0.3, 0.4) is 0 Å². The van der Waals surface area contributed by atoms with Gasteiger partial charge < -0.3 is 0 Å². The summed E-state index contributed by atoms with van der Waals surface area (Å²) < 4.78 is 13.8. The minimum atomic E-state index is -0.290. The van der Waals surface area contributed by atoms with Crippen molar-refractivity contribution < 1.29 is 9.18 Å². The normalized spacial score (nSPS) is 17.5. The quantitative estimate of drug-likeness (QED) is 0.822. The smallest absolute Gasteiger partial charge is 0.143 e. The highest BCUT2D eigenvalue weighted by molar-refractivity contribution is 9.10. The van der Waals surface area contributed by atoms with Gasteiger partial charge in [0.25, 0.3) is 0 Å². The van der Waals surface area contributed by atoms with E-state index in [1.807, 2.05) is 6.92 Å². The maximum absolute atomic E-state index is 13.0. The SMILES string of the molecule is CC1(C(=O)Cc2cc(F)ccc2Br)CC1. The van der Waals surface area contributed by atoms with Gasteiger partial charge in [0.15, 0.2) is 0 Å². The third-order valence-corrected chi connectivity index (χ3v) is 3.81. The Balaban J connectivity index is 2.16. The second kappa shape index (κ2) is 3.71. The fraction of sp³-hybridized carbons (Fsp3) is 0.417. The van der Waals surface area contributed by atoms with Crippen LogP contribution in [0.4, 0.5) is 4.39 Å². The van der Waals surface area contributed by atoms with Gasteiger partial charge in [0.1, 0.15) is 11.6 Å². The minimum Gasteiger partial charge on any atom is -0.299 e. The highest BCUT2D eigenvalue weighted by Crippen LogP contribution is 2.46. The third-order valence-electron chi connectivity index (χ3n) is 3.03. The maximum atomic E-state index is 13.0. The van der Waals surface area contributed by atoms with Gasteiger partial charge in [-0.3, -0.25) is 4.79 Å². The van der Waals surface area contributed by atoms with Crippen LogP contribution in [-0.4, -0.2) is 5.78 Å². The van der Waals surface area contributed by atoms with Crippen molar-refractivity contribution in [2.75, 3.05) is 0 Å². The summed E-state index contributed by atoms with van der Waals surface area (Å²) in [6.07, 6.45) is 2.27. The summed E-state index contributed by atoms with van der Waals surface area (Å²) in [7, 11) is 0. The Hall–Kier alpha value is -0.700. The second-order valence-electron chi connectivity index (χ2n) is 4.40. The van der Waals surface area contributed by atoms with Crippen LogP contribution in [0.5, 0.6) is 0 Å². The summed E-state index contributed by atoms with van der Waals surface area (Å²) in [6.45, 7) is 1.97. The fourth-order valence-corrected chi connectivity index (χ4v) is 1.92. The Morgan fingerprint density at radius 3 is 2.80 bits per heavy atom. The molecule has 2 rings (SSSR count). The van der Waals surface area contributed by atoms with Crippen molar-refractivity contribution in [2.45, 2.75) is 26.2 Å². The van der Waals surface area contributed by atoms with Gasteiger partial charge in [0, 0.05) is 16.3 Å². The molecule has 0 radical (unpaired) electrons. The summed E-state index contributed by atoms with van der Waals surface area (Å²) in [5.41, 5.74) is 0.610. The molecule has 0 aromatic heterocycles. The van der Waals surface area contributed by atoms with E-state index in [1.54, 1.807) is 6.07 Å². The van der Waals surface area contributed by atoms with Gasteiger partial charge in [0.05, 0.1) is 0 Å². The molecule has 80 valence electrons. The molecule has 0 amide bonds. The average molecular weight is 271 g/mol. The van der Waals surface area contributed by atoms with Crippen molar-refractivity contribution in [1.82, 2.24) is 0 Å². The lowest BCUT2D eigenvalue weighted by atomic mass is 9.97. The number of hydrogen-bond acceptors (Lipinski definition) is 1. The summed E-state index contributed by atoms with van der Waals surface area (Å²) in [5.74, 6) is -0.0734. The first-order valence-electron chi connectivity index (χ1n) is 4.98. The van der Waals surface area contributed by atoms with Crippen LogP contribution in [-0.2, 0) is 11.2 Å². The van der Waals surface area contributed by atoms with Gasteiger partial charge in [-0.25, -0.2) is 4.39 Å². The number of hydrogen-bond donors (Lipinski definition) is 0. The van der Waals surface area contributed by atoms with E-state index in [-0.39, 0.29) is 17.0 Å². The fourth-order valence-electron chi connectivity index (χ4n) is 1.53. The molecule has 1 aliphatic carbocycles. The van der Waals surface area contributed by atoms with E-state index < -0.39 is 0 Å². The van der Waals surface area contributed by atoms with E-state index in [0.29, 0.717) is 6.42 Å². The Morgan fingerprint density at radius 1 is 1.53 bits per heavy atom. The largest absolute Gasteiger partial charge is 0.299 e. The van der Waals surface area contributed by atoms with E-state index in [2.05, 4.69) is 15.9 Å². The van der Waals surface area contributed by atoms with Gasteiger partial charge in [-0.15, -0.1) is 0 Å². The van der Waals surface area contributed by atoms with E-state index in [0.717, 1.165) is 22.9 Å². The lowest BCUT2D eigenvalue weighted by Gasteiger charge is -2.08. The number of carbonyl (C=O) groups excluding carboxylic acids is 1. The zero-order valence-corrected chi connectivity index (χ0v) is 10.1. The molecule has 1 aromatic carbocycles. The molecule has 1 saturated carbocycles. The molecule has 0 aliphatic heterocycles. The third kappa shape index (κ3) is 2.28. The van der Waals surface area contributed by atoms with E-state index in [4.69, 9.17) is 0 Å². The summed E-state index contributed by atoms with van der Waals surface area (Å²) in [4.78, 5) is 11.8. The van der Waals surface area contributed by atoms with Crippen molar-refractivity contribution in [2.24, 2.45) is 5.41 Å². The van der Waals surface area contributed by atoms with Crippen LogP contribution < -0.4 is 0 Å². The van der Waals surface area contributed by atoms with E-state index >= 15 is 0 Å². The first-order valence-corrected chi connectivity index (χ1v) is 5.78. The van der Waals surface area contributed by atoms with Crippen LogP contribution in [0.1, 0.15) is 25.3 Å². The standard InChI is InChI=1S/C12H12BrFO/c1-12(4-5-12)11(15)7-8-6-9(14)2-3-10(8)13/h2-3,6H,4-5,7H2,1H3. The highest BCUT2D eigenvalue weighted by atomic mass is 79.9. The van der Waals surface area contributed by atoms with Gasteiger partial charge in [0.2, 0.25) is 0 Å². The number of Topliss-reactive ketones (excluding diaryl/α,β-unsaturated/α-hetero) is 1. The predicted octanol–water partition coefficient (Wildman–Crippen LogP) is 3.50. The molecule has 0 atom stereocenters. The average Bonchev–Trinajstić information content (AvgIpc) is 2.91. The first-order chi connectivity index (χ1) is 7.01. The van der Waals surface area contributed by atoms with Crippen LogP contribution in [0, 0.1) is 11.2 Å². The van der Waals surface area contributed by atoms with Gasteiger partial charge in [-0.2, -0.15) is 0 Å². The molecule has 0 N–H and O–H groups in total. The molecule has 0 saturated heterocycles. The molecular formula is C12H12BrFO. The zero-order chi connectivity index (χ0) is 11.1. The van der Waals surface area contributed by atoms with Crippen LogP contribution in [0.15, 0.2) is 22.7 Å². The van der Waals surface area contributed by atoms with Crippen LogP contribution >= 0.6 is 15.9 Å². The number of ketones is 1. The number of rotatable bonds is 3. The Kier molecular flexibility index (Phi) is 2.67. The molecule has 1 nitrogen and oxygen atoms in total. The number of benzene rings is 1. The van der Waals surface area contributed by atoms with Gasteiger partial charge in [-0.1, -0.05) is 22.9 Å². The summed E-state index contributed by atoms with van der Waals surface area (Å²) >= 11 is 3.33. The summed E-state index contributed by atoms with van der Waals surface area (Å²) in [5, 5.41) is 0. The number of halogens is 2. The number of carbonyl (C=O) groups is 1.